The summed E-state index contributed by atoms with van der Waals surface area (Å²) < 4.78 is 40.4. The Bertz CT molecular complexity index is 467. The minimum absolute atomic E-state index is 0.312. The number of hydrogen-bond acceptors (Lipinski definition) is 3. The summed E-state index contributed by atoms with van der Waals surface area (Å²) in [7, 11) is 1.42. The Morgan fingerprint density at radius 1 is 1.37 bits per heavy atom. The largest absolute Gasteiger partial charge is 0.573 e. The fraction of sp³-hybridized carbons (Fsp3) is 0.385. The molecule has 0 fully saturated rings. The lowest BCUT2D eigenvalue weighted by molar-refractivity contribution is -0.274. The smallest absolute Gasteiger partial charge is 0.406 e. The summed E-state index contributed by atoms with van der Waals surface area (Å²) in [5.74, 6) is -0.312. The zero-order valence-electron chi connectivity index (χ0n) is 11.0. The van der Waals surface area contributed by atoms with Crippen LogP contribution in [0.2, 0.25) is 0 Å². The van der Waals surface area contributed by atoms with Gasteiger partial charge < -0.3 is 4.74 Å². The van der Waals surface area contributed by atoms with Crippen LogP contribution in [0.3, 0.4) is 0 Å². The van der Waals surface area contributed by atoms with E-state index in [-0.39, 0.29) is 5.75 Å². The third kappa shape index (κ3) is 4.48. The van der Waals surface area contributed by atoms with Crippen molar-refractivity contribution in [2.24, 2.45) is 0 Å². The minimum atomic E-state index is -4.73. The summed E-state index contributed by atoms with van der Waals surface area (Å²) in [6, 6.07) is 5.52. The van der Waals surface area contributed by atoms with Gasteiger partial charge in [0.1, 0.15) is 5.75 Å². The van der Waals surface area contributed by atoms with Crippen LogP contribution in [0.1, 0.15) is 25.8 Å². The summed E-state index contributed by atoms with van der Waals surface area (Å²) in [5, 5.41) is 10.5. The fourth-order valence-corrected chi connectivity index (χ4v) is 1.72. The van der Waals surface area contributed by atoms with Crippen LogP contribution in [-0.4, -0.2) is 23.7 Å². The van der Waals surface area contributed by atoms with Gasteiger partial charge in [-0.3, -0.25) is 10.3 Å². The van der Waals surface area contributed by atoms with E-state index in [2.05, 4.69) is 4.74 Å². The molecule has 0 saturated carbocycles. The third-order valence-electron chi connectivity index (χ3n) is 2.60. The number of hydrogen-bond donors (Lipinski definition) is 1. The maximum absolute atomic E-state index is 12.2. The van der Waals surface area contributed by atoms with Crippen molar-refractivity contribution in [1.82, 2.24) is 5.06 Å². The molecular formula is C13H16F3NO2. The second-order valence-electron chi connectivity index (χ2n) is 4.08. The van der Waals surface area contributed by atoms with Crippen molar-refractivity contribution in [3.05, 3.63) is 35.4 Å². The summed E-state index contributed by atoms with van der Waals surface area (Å²) in [5.41, 5.74) is 1.79. The number of ether oxygens (including phenoxy) is 1. The first kappa shape index (κ1) is 15.4. The second kappa shape index (κ2) is 5.97. The highest BCUT2D eigenvalue weighted by atomic mass is 19.4. The molecule has 0 aromatic heterocycles. The number of allylic oxidation sites excluding steroid dienone is 1. The standard InChI is InChI=1S/C13H16F3NO2/c1-4-9(2)12(17(3)18)10-6-5-7-11(8-10)19-13(14,15)16/h5-8,18H,4H2,1-3H3/b12-9-. The van der Waals surface area contributed by atoms with Crippen molar-refractivity contribution in [3.8, 4) is 5.75 Å². The van der Waals surface area contributed by atoms with Gasteiger partial charge in [0, 0.05) is 12.6 Å². The molecule has 0 unspecified atom stereocenters. The Hall–Kier alpha value is -1.69. The molecule has 1 rings (SSSR count). The highest BCUT2D eigenvalue weighted by Crippen LogP contribution is 2.28. The zero-order valence-corrected chi connectivity index (χ0v) is 11.0. The lowest BCUT2D eigenvalue weighted by Crippen LogP contribution is -2.17. The molecule has 0 aliphatic heterocycles. The van der Waals surface area contributed by atoms with Crippen LogP contribution in [-0.2, 0) is 0 Å². The SMILES string of the molecule is CC/C(C)=C(/c1cccc(OC(F)(F)F)c1)N(C)O. The Morgan fingerprint density at radius 2 is 2.00 bits per heavy atom. The predicted octanol–water partition coefficient (Wildman–Crippen LogP) is 4.05. The lowest BCUT2D eigenvalue weighted by Gasteiger charge is -2.19. The number of rotatable bonds is 4. The minimum Gasteiger partial charge on any atom is -0.406 e. The molecule has 19 heavy (non-hydrogen) atoms. The number of nitrogens with zero attached hydrogens (tertiary/aromatic N) is 1. The first-order chi connectivity index (χ1) is 8.74. The van der Waals surface area contributed by atoms with Crippen molar-refractivity contribution >= 4 is 5.70 Å². The topological polar surface area (TPSA) is 32.7 Å². The van der Waals surface area contributed by atoms with Crippen LogP contribution in [0.4, 0.5) is 13.2 Å². The van der Waals surface area contributed by atoms with Crippen LogP contribution >= 0.6 is 0 Å². The van der Waals surface area contributed by atoms with Crippen molar-refractivity contribution < 1.29 is 23.1 Å². The van der Waals surface area contributed by atoms with Gasteiger partial charge in [0.25, 0.3) is 0 Å². The maximum atomic E-state index is 12.2. The highest BCUT2D eigenvalue weighted by Gasteiger charge is 2.31. The maximum Gasteiger partial charge on any atom is 0.573 e. The Balaban J connectivity index is 3.17. The van der Waals surface area contributed by atoms with Gasteiger partial charge >= 0.3 is 6.36 Å². The van der Waals surface area contributed by atoms with Crippen molar-refractivity contribution in [2.45, 2.75) is 26.6 Å². The van der Waals surface area contributed by atoms with Gasteiger partial charge in [-0.2, -0.15) is 0 Å². The first-order valence-electron chi connectivity index (χ1n) is 5.73. The van der Waals surface area contributed by atoms with Gasteiger partial charge in [0.05, 0.1) is 5.70 Å². The van der Waals surface area contributed by atoms with Gasteiger partial charge in [-0.05, 0) is 31.1 Å². The van der Waals surface area contributed by atoms with Crippen LogP contribution in [0.25, 0.3) is 5.70 Å². The molecule has 0 spiro atoms. The molecule has 3 nitrogen and oxygen atoms in total. The van der Waals surface area contributed by atoms with Crippen molar-refractivity contribution in [2.75, 3.05) is 7.05 Å². The lowest BCUT2D eigenvalue weighted by atomic mass is 10.1. The fourth-order valence-electron chi connectivity index (χ4n) is 1.72. The molecule has 1 aromatic rings. The summed E-state index contributed by atoms with van der Waals surface area (Å²) >= 11 is 0. The molecule has 0 aliphatic rings. The van der Waals surface area contributed by atoms with Gasteiger partial charge in [-0.25, -0.2) is 0 Å². The Morgan fingerprint density at radius 3 is 2.47 bits per heavy atom. The van der Waals surface area contributed by atoms with E-state index < -0.39 is 6.36 Å². The van der Waals surface area contributed by atoms with E-state index >= 15 is 0 Å². The molecule has 0 amide bonds. The number of benzene rings is 1. The molecule has 0 saturated heterocycles. The van der Waals surface area contributed by atoms with E-state index in [1.165, 1.54) is 25.2 Å². The van der Waals surface area contributed by atoms with Crippen LogP contribution < -0.4 is 4.74 Å². The number of alkyl halides is 3. The van der Waals surface area contributed by atoms with E-state index in [1.54, 1.807) is 13.0 Å². The Kier molecular flexibility index (Phi) is 4.83. The van der Waals surface area contributed by atoms with E-state index in [9.17, 15) is 18.4 Å². The van der Waals surface area contributed by atoms with E-state index in [0.717, 1.165) is 10.6 Å². The molecule has 6 heteroatoms. The molecule has 1 N–H and O–H groups in total. The van der Waals surface area contributed by atoms with E-state index in [1.807, 2.05) is 6.92 Å². The monoisotopic (exact) mass is 275 g/mol. The normalized spacial score (nSPS) is 13.0. The summed E-state index contributed by atoms with van der Waals surface area (Å²) in [6.45, 7) is 3.70. The molecule has 106 valence electrons. The predicted molar refractivity (Wildman–Crippen MR) is 65.6 cm³/mol. The molecule has 0 heterocycles. The molecule has 0 radical (unpaired) electrons. The molecule has 0 atom stereocenters. The van der Waals surface area contributed by atoms with Gasteiger partial charge in [-0.15, -0.1) is 13.2 Å². The van der Waals surface area contributed by atoms with Crippen molar-refractivity contribution in [1.29, 1.82) is 0 Å². The van der Waals surface area contributed by atoms with Gasteiger partial charge in [-0.1, -0.05) is 19.1 Å². The molecule has 0 aliphatic carbocycles. The zero-order chi connectivity index (χ0) is 14.6. The highest BCUT2D eigenvalue weighted by molar-refractivity contribution is 5.67. The number of halogens is 3. The van der Waals surface area contributed by atoms with Gasteiger partial charge in [0.15, 0.2) is 0 Å². The van der Waals surface area contributed by atoms with Crippen molar-refractivity contribution in [3.63, 3.8) is 0 Å². The second-order valence-corrected chi connectivity index (χ2v) is 4.08. The molecule has 0 bridgehead atoms. The molecule has 1 aromatic carbocycles. The first-order valence-corrected chi connectivity index (χ1v) is 5.73. The third-order valence-corrected chi connectivity index (χ3v) is 2.60. The van der Waals surface area contributed by atoms with Gasteiger partial charge in [0.2, 0.25) is 0 Å². The summed E-state index contributed by atoms with van der Waals surface area (Å²) in [4.78, 5) is 0. The molecular weight excluding hydrogens is 259 g/mol. The number of hydroxylamine groups is 2. The van der Waals surface area contributed by atoms with Crippen LogP contribution in [0.15, 0.2) is 29.8 Å². The average Bonchev–Trinajstić information content (AvgIpc) is 2.26. The Labute approximate surface area is 109 Å². The average molecular weight is 275 g/mol. The summed E-state index contributed by atoms with van der Waals surface area (Å²) in [6.07, 6.45) is -4.06. The van der Waals surface area contributed by atoms with E-state index in [0.29, 0.717) is 17.7 Å². The van der Waals surface area contributed by atoms with E-state index in [4.69, 9.17) is 0 Å². The quantitative estimate of drug-likeness (QED) is 0.841. The van der Waals surface area contributed by atoms with Crippen LogP contribution in [0, 0.1) is 0 Å². The van der Waals surface area contributed by atoms with Crippen LogP contribution in [0.5, 0.6) is 5.75 Å².